The molecule has 0 amide bonds. The van der Waals surface area contributed by atoms with Gasteiger partial charge >= 0.3 is 0 Å². The van der Waals surface area contributed by atoms with E-state index in [0.717, 1.165) is 25.3 Å². The molecule has 1 saturated heterocycles. The highest BCUT2D eigenvalue weighted by molar-refractivity contribution is 5.37. The van der Waals surface area contributed by atoms with Crippen molar-refractivity contribution in [3.63, 3.8) is 0 Å². The Hall–Kier alpha value is -1.06. The van der Waals surface area contributed by atoms with Gasteiger partial charge in [0.1, 0.15) is 5.75 Å². The predicted molar refractivity (Wildman–Crippen MR) is 61.4 cm³/mol. The Morgan fingerprint density at radius 1 is 1.38 bits per heavy atom. The van der Waals surface area contributed by atoms with E-state index in [4.69, 9.17) is 9.47 Å². The lowest BCUT2D eigenvalue weighted by Gasteiger charge is -2.30. The number of fused-ring (bicyclic) bond motifs is 1. The highest BCUT2D eigenvalue weighted by atomic mass is 16.7. The Kier molecular flexibility index (Phi) is 2.58. The average molecular weight is 219 g/mol. The quantitative estimate of drug-likeness (QED) is 0.781. The molecule has 16 heavy (non-hydrogen) atoms. The van der Waals surface area contributed by atoms with Crippen LogP contribution in [0.2, 0.25) is 0 Å². The molecule has 2 heterocycles. The summed E-state index contributed by atoms with van der Waals surface area (Å²) < 4.78 is 11.7. The van der Waals surface area contributed by atoms with Gasteiger partial charge in [-0.15, -0.1) is 0 Å². The fourth-order valence-corrected chi connectivity index (χ4v) is 2.41. The number of benzene rings is 1. The van der Waals surface area contributed by atoms with Crippen LogP contribution < -0.4 is 10.1 Å². The summed E-state index contributed by atoms with van der Waals surface area (Å²) in [6.45, 7) is 4.85. The minimum Gasteiger partial charge on any atom is -0.464 e. The Morgan fingerprint density at radius 2 is 2.31 bits per heavy atom. The molecule has 1 aromatic rings. The first-order valence-corrected chi connectivity index (χ1v) is 5.91. The van der Waals surface area contributed by atoms with Gasteiger partial charge in [-0.2, -0.15) is 0 Å². The topological polar surface area (TPSA) is 30.5 Å². The molecule has 1 fully saturated rings. The van der Waals surface area contributed by atoms with Crippen LogP contribution in [0.4, 0.5) is 0 Å². The van der Waals surface area contributed by atoms with Crippen LogP contribution in [0.25, 0.3) is 0 Å². The molecule has 86 valence electrons. The molecule has 2 unspecified atom stereocenters. The van der Waals surface area contributed by atoms with Crippen LogP contribution in [0, 0.1) is 12.8 Å². The third-order valence-corrected chi connectivity index (χ3v) is 3.35. The molecule has 1 N–H and O–H groups in total. The van der Waals surface area contributed by atoms with Gasteiger partial charge in [-0.3, -0.25) is 0 Å². The second-order valence-electron chi connectivity index (χ2n) is 4.66. The van der Waals surface area contributed by atoms with E-state index in [9.17, 15) is 0 Å². The van der Waals surface area contributed by atoms with Gasteiger partial charge in [0.15, 0.2) is 0 Å². The summed E-state index contributed by atoms with van der Waals surface area (Å²) in [5.74, 6) is 1.49. The van der Waals surface area contributed by atoms with E-state index >= 15 is 0 Å². The summed E-state index contributed by atoms with van der Waals surface area (Å²) in [6, 6.07) is 6.29. The van der Waals surface area contributed by atoms with Crippen molar-refractivity contribution in [2.75, 3.05) is 13.1 Å². The molecule has 1 aromatic carbocycles. The fraction of sp³-hybridized carbons (Fsp3) is 0.538. The van der Waals surface area contributed by atoms with Crippen molar-refractivity contribution in [1.82, 2.24) is 5.32 Å². The van der Waals surface area contributed by atoms with Crippen LogP contribution in [0.15, 0.2) is 18.2 Å². The molecule has 3 nitrogen and oxygen atoms in total. The fourth-order valence-electron chi connectivity index (χ4n) is 2.41. The number of hydrogen-bond acceptors (Lipinski definition) is 3. The van der Waals surface area contributed by atoms with Crippen molar-refractivity contribution < 1.29 is 9.47 Å². The molecular formula is C13H17NO2. The van der Waals surface area contributed by atoms with Crippen LogP contribution in [-0.2, 0) is 11.3 Å². The Labute approximate surface area is 95.8 Å². The number of nitrogens with one attached hydrogen (secondary N) is 1. The van der Waals surface area contributed by atoms with Crippen LogP contribution in [-0.4, -0.2) is 19.4 Å². The largest absolute Gasteiger partial charge is 0.464 e. The highest BCUT2D eigenvalue weighted by Gasteiger charge is 2.30. The van der Waals surface area contributed by atoms with Crippen molar-refractivity contribution in [2.24, 2.45) is 5.92 Å². The predicted octanol–water partition coefficient (Wildman–Crippen LogP) is 1.84. The molecule has 0 aliphatic carbocycles. The minimum absolute atomic E-state index is 0.0646. The number of aryl methyl sites for hydroxylation is 1. The zero-order chi connectivity index (χ0) is 11.0. The molecule has 2 aliphatic rings. The SMILES string of the molecule is Cc1ccc2c(c1)COC(C1CCNC1)O2. The van der Waals surface area contributed by atoms with Gasteiger partial charge in [0.25, 0.3) is 0 Å². The molecule has 0 aromatic heterocycles. The van der Waals surface area contributed by atoms with Gasteiger partial charge in [0, 0.05) is 18.0 Å². The Morgan fingerprint density at radius 3 is 3.12 bits per heavy atom. The zero-order valence-electron chi connectivity index (χ0n) is 9.53. The third-order valence-electron chi connectivity index (χ3n) is 3.35. The summed E-state index contributed by atoms with van der Waals surface area (Å²) in [6.07, 6.45) is 1.08. The van der Waals surface area contributed by atoms with Crippen LogP contribution in [0.3, 0.4) is 0 Å². The number of ether oxygens (including phenoxy) is 2. The average Bonchev–Trinajstić information content (AvgIpc) is 2.82. The summed E-state index contributed by atoms with van der Waals surface area (Å²) in [7, 11) is 0. The minimum atomic E-state index is -0.0646. The summed E-state index contributed by atoms with van der Waals surface area (Å²) >= 11 is 0. The first-order chi connectivity index (χ1) is 7.83. The summed E-state index contributed by atoms with van der Waals surface area (Å²) in [4.78, 5) is 0. The molecule has 0 radical (unpaired) electrons. The molecule has 2 aliphatic heterocycles. The lowest BCUT2D eigenvalue weighted by atomic mass is 10.1. The van der Waals surface area contributed by atoms with Crippen LogP contribution in [0.5, 0.6) is 5.75 Å². The van der Waals surface area contributed by atoms with Crippen molar-refractivity contribution in [2.45, 2.75) is 26.2 Å². The van der Waals surface area contributed by atoms with Gasteiger partial charge in [-0.05, 0) is 26.0 Å². The highest BCUT2D eigenvalue weighted by Crippen LogP contribution is 2.30. The number of rotatable bonds is 1. The van der Waals surface area contributed by atoms with E-state index in [0.29, 0.717) is 12.5 Å². The summed E-state index contributed by atoms with van der Waals surface area (Å²) in [5.41, 5.74) is 2.43. The standard InChI is InChI=1S/C13H17NO2/c1-9-2-3-12-11(6-9)8-15-13(16-12)10-4-5-14-7-10/h2-3,6,10,13-14H,4-5,7-8H2,1H3. The Balaban J connectivity index is 1.78. The molecule has 0 spiro atoms. The maximum Gasteiger partial charge on any atom is 0.204 e. The van der Waals surface area contributed by atoms with Crippen molar-refractivity contribution >= 4 is 0 Å². The van der Waals surface area contributed by atoms with E-state index < -0.39 is 0 Å². The molecular weight excluding hydrogens is 202 g/mol. The second-order valence-corrected chi connectivity index (χ2v) is 4.66. The molecule has 0 saturated carbocycles. The van der Waals surface area contributed by atoms with Gasteiger partial charge in [-0.25, -0.2) is 0 Å². The first kappa shape index (κ1) is 10.1. The zero-order valence-corrected chi connectivity index (χ0v) is 9.53. The maximum atomic E-state index is 5.91. The molecule has 0 bridgehead atoms. The third kappa shape index (κ3) is 1.81. The number of hydrogen-bond donors (Lipinski definition) is 1. The Bertz CT molecular complexity index is 386. The van der Waals surface area contributed by atoms with Crippen LogP contribution >= 0.6 is 0 Å². The van der Waals surface area contributed by atoms with E-state index in [1.807, 2.05) is 0 Å². The lowest BCUT2D eigenvalue weighted by molar-refractivity contribution is -0.136. The van der Waals surface area contributed by atoms with E-state index in [1.54, 1.807) is 0 Å². The van der Waals surface area contributed by atoms with Crippen molar-refractivity contribution in [3.05, 3.63) is 29.3 Å². The molecule has 3 heteroatoms. The van der Waals surface area contributed by atoms with E-state index in [1.165, 1.54) is 11.1 Å². The second kappa shape index (κ2) is 4.07. The van der Waals surface area contributed by atoms with Crippen LogP contribution in [0.1, 0.15) is 17.5 Å². The van der Waals surface area contributed by atoms with E-state index in [2.05, 4.69) is 30.4 Å². The van der Waals surface area contributed by atoms with Crippen molar-refractivity contribution in [3.8, 4) is 5.75 Å². The smallest absolute Gasteiger partial charge is 0.204 e. The van der Waals surface area contributed by atoms with Gasteiger partial charge in [-0.1, -0.05) is 17.7 Å². The van der Waals surface area contributed by atoms with Crippen molar-refractivity contribution in [1.29, 1.82) is 0 Å². The monoisotopic (exact) mass is 219 g/mol. The lowest BCUT2D eigenvalue weighted by Crippen LogP contribution is -2.34. The van der Waals surface area contributed by atoms with Gasteiger partial charge < -0.3 is 14.8 Å². The molecule has 3 rings (SSSR count). The molecule has 2 atom stereocenters. The summed E-state index contributed by atoms with van der Waals surface area (Å²) in [5, 5.41) is 3.34. The van der Waals surface area contributed by atoms with E-state index in [-0.39, 0.29) is 6.29 Å². The maximum absolute atomic E-state index is 5.91. The van der Waals surface area contributed by atoms with Gasteiger partial charge in [0.2, 0.25) is 6.29 Å². The normalized spacial score (nSPS) is 28.6. The van der Waals surface area contributed by atoms with Gasteiger partial charge in [0.05, 0.1) is 6.61 Å². The first-order valence-electron chi connectivity index (χ1n) is 5.91.